The van der Waals surface area contributed by atoms with Crippen molar-refractivity contribution in [1.82, 2.24) is 15.1 Å². The number of hydrogen-bond acceptors (Lipinski definition) is 3. The molecule has 0 saturated heterocycles. The molecular weight excluding hydrogens is 254 g/mol. The average Bonchev–Trinajstić information content (AvgIpc) is 2.92. The predicted octanol–water partition coefficient (Wildman–Crippen LogP) is 3.13. The number of nitrogens with zero attached hydrogens (tertiary/aromatic N) is 2. The molecule has 0 saturated carbocycles. The Kier molecular flexibility index (Phi) is 5.05. The number of thioether (sulfide) groups is 1. The number of nitrogens with one attached hydrogen (secondary N) is 1. The van der Waals surface area contributed by atoms with Crippen molar-refractivity contribution in [2.75, 3.05) is 13.3 Å². The van der Waals surface area contributed by atoms with Crippen LogP contribution in [0.5, 0.6) is 0 Å². The van der Waals surface area contributed by atoms with Crippen molar-refractivity contribution in [2.45, 2.75) is 30.8 Å². The van der Waals surface area contributed by atoms with Gasteiger partial charge in [0.05, 0.1) is 6.20 Å². The zero-order valence-corrected chi connectivity index (χ0v) is 12.6. The number of rotatable bonds is 6. The van der Waals surface area contributed by atoms with E-state index in [-0.39, 0.29) is 0 Å². The van der Waals surface area contributed by atoms with Crippen LogP contribution < -0.4 is 5.32 Å². The second kappa shape index (κ2) is 6.78. The molecule has 1 atom stereocenters. The van der Waals surface area contributed by atoms with Gasteiger partial charge < -0.3 is 5.32 Å². The third-order valence-electron chi connectivity index (χ3n) is 3.32. The Morgan fingerprint density at radius 3 is 2.58 bits per heavy atom. The van der Waals surface area contributed by atoms with Gasteiger partial charge in [-0.05, 0) is 49.9 Å². The van der Waals surface area contributed by atoms with Crippen LogP contribution in [-0.2, 0) is 13.0 Å². The van der Waals surface area contributed by atoms with E-state index in [9.17, 15) is 0 Å². The molecule has 0 fully saturated rings. The molecule has 3 nitrogen and oxygen atoms in total. The highest BCUT2D eigenvalue weighted by Crippen LogP contribution is 2.21. The zero-order valence-electron chi connectivity index (χ0n) is 11.8. The molecule has 2 rings (SSSR count). The van der Waals surface area contributed by atoms with Crippen molar-refractivity contribution < 1.29 is 0 Å². The van der Waals surface area contributed by atoms with Gasteiger partial charge in [0.15, 0.2) is 0 Å². The van der Waals surface area contributed by atoms with Gasteiger partial charge in [0.1, 0.15) is 0 Å². The molecule has 0 amide bonds. The normalized spacial score (nSPS) is 12.6. The molecule has 0 spiro atoms. The Hall–Kier alpha value is -1.26. The Morgan fingerprint density at radius 1 is 1.32 bits per heavy atom. The molecule has 1 aromatic carbocycles. The molecule has 0 radical (unpaired) electrons. The molecule has 0 aliphatic heterocycles. The number of benzene rings is 1. The van der Waals surface area contributed by atoms with E-state index in [2.05, 4.69) is 54.1 Å². The van der Waals surface area contributed by atoms with Crippen molar-refractivity contribution in [1.29, 1.82) is 0 Å². The van der Waals surface area contributed by atoms with Crippen LogP contribution in [0.2, 0.25) is 0 Å². The average molecular weight is 275 g/mol. The maximum atomic E-state index is 4.33. The second-order valence-corrected chi connectivity index (χ2v) is 5.40. The molecule has 4 heteroatoms. The van der Waals surface area contributed by atoms with E-state index in [1.54, 1.807) is 11.8 Å². The highest BCUT2D eigenvalue weighted by molar-refractivity contribution is 7.98. The van der Waals surface area contributed by atoms with Crippen molar-refractivity contribution >= 4 is 11.8 Å². The summed E-state index contributed by atoms with van der Waals surface area (Å²) in [5, 5.41) is 7.72. The van der Waals surface area contributed by atoms with Crippen LogP contribution in [0.25, 0.3) is 0 Å². The van der Waals surface area contributed by atoms with Gasteiger partial charge in [0.2, 0.25) is 0 Å². The van der Waals surface area contributed by atoms with Crippen LogP contribution in [0.1, 0.15) is 24.1 Å². The van der Waals surface area contributed by atoms with E-state index in [4.69, 9.17) is 0 Å². The monoisotopic (exact) mass is 275 g/mol. The van der Waals surface area contributed by atoms with E-state index >= 15 is 0 Å². The molecule has 0 bridgehead atoms. The van der Waals surface area contributed by atoms with Crippen molar-refractivity contribution in [2.24, 2.45) is 0 Å². The largest absolute Gasteiger partial charge is 0.313 e. The minimum absolute atomic E-state index is 0.338. The summed E-state index contributed by atoms with van der Waals surface area (Å²) in [6.45, 7) is 3.03. The fraction of sp³-hybridized carbons (Fsp3) is 0.400. The number of hydrogen-bond donors (Lipinski definition) is 1. The summed E-state index contributed by atoms with van der Waals surface area (Å²) < 4.78 is 1.97. The first kappa shape index (κ1) is 14.2. The molecule has 1 unspecified atom stereocenters. The lowest BCUT2D eigenvalue weighted by Gasteiger charge is -2.16. The van der Waals surface area contributed by atoms with E-state index in [0.717, 1.165) is 13.0 Å². The Bertz CT molecular complexity index is 504. The topological polar surface area (TPSA) is 29.9 Å². The van der Waals surface area contributed by atoms with Crippen LogP contribution in [0.4, 0.5) is 0 Å². The third kappa shape index (κ3) is 3.61. The van der Waals surface area contributed by atoms with Gasteiger partial charge >= 0.3 is 0 Å². The summed E-state index contributed by atoms with van der Waals surface area (Å²) in [6, 6.07) is 9.11. The van der Waals surface area contributed by atoms with Gasteiger partial charge in [-0.2, -0.15) is 5.10 Å². The van der Waals surface area contributed by atoms with Gasteiger partial charge in [0.25, 0.3) is 0 Å². The Labute approximate surface area is 119 Å². The summed E-state index contributed by atoms with van der Waals surface area (Å²) in [7, 11) is 2.01. The van der Waals surface area contributed by atoms with Crippen LogP contribution >= 0.6 is 11.8 Å². The molecule has 19 heavy (non-hydrogen) atoms. The summed E-state index contributed by atoms with van der Waals surface area (Å²) in [5.74, 6) is 0. The Balaban J connectivity index is 2.10. The maximum absolute atomic E-state index is 4.33. The molecular formula is C15H21N3S. The van der Waals surface area contributed by atoms with Crippen LogP contribution in [0, 0.1) is 0 Å². The minimum atomic E-state index is 0.338. The predicted molar refractivity (Wildman–Crippen MR) is 81.6 cm³/mol. The lowest BCUT2D eigenvalue weighted by molar-refractivity contribution is 0.590. The number of likely N-dealkylation sites (N-methyl/N-ethyl adjacent to an activating group) is 1. The lowest BCUT2D eigenvalue weighted by atomic mass is 10.0. The summed E-state index contributed by atoms with van der Waals surface area (Å²) >= 11 is 1.77. The lowest BCUT2D eigenvalue weighted by Crippen LogP contribution is -2.18. The van der Waals surface area contributed by atoms with Gasteiger partial charge in [-0.15, -0.1) is 11.8 Å². The Morgan fingerprint density at radius 2 is 2.05 bits per heavy atom. The zero-order chi connectivity index (χ0) is 13.7. The first-order chi connectivity index (χ1) is 9.26. The number of aromatic nitrogens is 2. The minimum Gasteiger partial charge on any atom is -0.313 e. The molecule has 0 aliphatic rings. The third-order valence-corrected chi connectivity index (χ3v) is 4.06. The molecule has 102 valence electrons. The van der Waals surface area contributed by atoms with Crippen molar-refractivity contribution in [3.8, 4) is 0 Å². The quantitative estimate of drug-likeness (QED) is 0.821. The van der Waals surface area contributed by atoms with E-state index in [1.807, 2.05) is 17.9 Å². The molecule has 1 aromatic heterocycles. The molecule has 1 N–H and O–H groups in total. The summed E-state index contributed by atoms with van der Waals surface area (Å²) in [5.41, 5.74) is 2.60. The summed E-state index contributed by atoms with van der Waals surface area (Å²) in [6.07, 6.45) is 7.16. The highest BCUT2D eigenvalue weighted by atomic mass is 32.2. The first-order valence-corrected chi connectivity index (χ1v) is 7.81. The summed E-state index contributed by atoms with van der Waals surface area (Å²) in [4.78, 5) is 1.30. The van der Waals surface area contributed by atoms with Crippen molar-refractivity contribution in [3.05, 3.63) is 47.8 Å². The first-order valence-electron chi connectivity index (χ1n) is 6.59. The van der Waals surface area contributed by atoms with Gasteiger partial charge in [-0.25, -0.2) is 0 Å². The fourth-order valence-electron chi connectivity index (χ4n) is 2.14. The van der Waals surface area contributed by atoms with Gasteiger partial charge in [-0.3, -0.25) is 4.68 Å². The molecule has 0 aliphatic carbocycles. The van der Waals surface area contributed by atoms with Gasteiger partial charge in [0, 0.05) is 23.7 Å². The number of aryl methyl sites for hydroxylation is 1. The SMILES string of the molecule is CCn1cc(CC(NC)c2ccc(SC)cc2)cn1. The van der Waals surface area contributed by atoms with E-state index in [1.165, 1.54) is 16.0 Å². The van der Waals surface area contributed by atoms with Crippen molar-refractivity contribution in [3.63, 3.8) is 0 Å². The van der Waals surface area contributed by atoms with Crippen LogP contribution in [0.15, 0.2) is 41.6 Å². The van der Waals surface area contributed by atoms with E-state index in [0.29, 0.717) is 6.04 Å². The van der Waals surface area contributed by atoms with Gasteiger partial charge in [-0.1, -0.05) is 12.1 Å². The van der Waals surface area contributed by atoms with Crippen LogP contribution in [-0.4, -0.2) is 23.1 Å². The standard InChI is InChI=1S/C15H21N3S/c1-4-18-11-12(10-17-18)9-15(16-2)13-5-7-14(19-3)8-6-13/h5-8,10-11,15-16H,4,9H2,1-3H3. The molecule has 2 aromatic rings. The second-order valence-electron chi connectivity index (χ2n) is 4.52. The maximum Gasteiger partial charge on any atom is 0.0522 e. The molecule has 1 heterocycles. The smallest absolute Gasteiger partial charge is 0.0522 e. The highest BCUT2D eigenvalue weighted by Gasteiger charge is 2.11. The van der Waals surface area contributed by atoms with Crippen LogP contribution in [0.3, 0.4) is 0 Å². The fourth-order valence-corrected chi connectivity index (χ4v) is 2.55. The van der Waals surface area contributed by atoms with E-state index < -0.39 is 0 Å².